The molecule has 5 atom stereocenters. The van der Waals surface area contributed by atoms with Crippen LogP contribution in [0.15, 0.2) is 42.5 Å². The van der Waals surface area contributed by atoms with Gasteiger partial charge < -0.3 is 40.6 Å². The fourth-order valence-corrected chi connectivity index (χ4v) is 7.16. The molecule has 0 radical (unpaired) electrons. The van der Waals surface area contributed by atoms with E-state index in [0.717, 1.165) is 29.0 Å². The molecular weight excluding hydrogens is 608 g/mol. The SMILES string of the molecule is O=C(CCc1ccc(Cl)c(CN2CSC[C@H]2C(=O)N2CCN(C3CC3)c3ccccc32)c1)NC[C@H](O)[C@@H](O)[C@H](O)[C@H](O)CO. The summed E-state index contributed by atoms with van der Waals surface area (Å²) >= 11 is 8.31. The summed E-state index contributed by atoms with van der Waals surface area (Å²) in [6, 6.07) is 14.1. The summed E-state index contributed by atoms with van der Waals surface area (Å²) in [4.78, 5) is 32.9. The molecule has 6 N–H and O–H groups in total. The van der Waals surface area contributed by atoms with E-state index >= 15 is 0 Å². The second-order valence-electron chi connectivity index (χ2n) is 11.7. The molecule has 240 valence electrons. The second-order valence-corrected chi connectivity index (χ2v) is 13.1. The third-order valence-electron chi connectivity index (χ3n) is 8.52. The minimum absolute atomic E-state index is 0.104. The number of hydrogen-bond acceptors (Lipinski definition) is 10. The monoisotopic (exact) mass is 648 g/mol. The Morgan fingerprint density at radius 2 is 1.73 bits per heavy atom. The van der Waals surface area contributed by atoms with Gasteiger partial charge in [-0.15, -0.1) is 11.8 Å². The minimum Gasteiger partial charge on any atom is -0.394 e. The van der Waals surface area contributed by atoms with E-state index in [9.17, 15) is 30.0 Å². The van der Waals surface area contributed by atoms with Gasteiger partial charge >= 0.3 is 0 Å². The molecule has 11 nitrogen and oxygen atoms in total. The number of benzene rings is 2. The third-order valence-corrected chi connectivity index (χ3v) is 9.95. The number of aliphatic hydroxyl groups excluding tert-OH is 5. The van der Waals surface area contributed by atoms with Crippen molar-refractivity contribution in [3.05, 3.63) is 58.6 Å². The van der Waals surface area contributed by atoms with Gasteiger partial charge in [0, 0.05) is 55.3 Å². The quantitative estimate of drug-likeness (QED) is 0.183. The molecule has 2 aromatic carbocycles. The third kappa shape index (κ3) is 7.68. The highest BCUT2D eigenvalue weighted by molar-refractivity contribution is 7.99. The van der Waals surface area contributed by atoms with E-state index in [4.69, 9.17) is 16.7 Å². The molecule has 3 aliphatic rings. The van der Waals surface area contributed by atoms with Crippen LogP contribution in [0.5, 0.6) is 0 Å². The first-order valence-electron chi connectivity index (χ1n) is 15.0. The van der Waals surface area contributed by atoms with Crippen molar-refractivity contribution in [2.75, 3.05) is 47.7 Å². The maximum Gasteiger partial charge on any atom is 0.245 e. The lowest BCUT2D eigenvalue weighted by molar-refractivity contribution is -0.126. The van der Waals surface area contributed by atoms with Crippen LogP contribution in [0.25, 0.3) is 0 Å². The molecule has 2 fully saturated rings. The fraction of sp³-hybridized carbons (Fsp3) is 0.548. The van der Waals surface area contributed by atoms with E-state index in [2.05, 4.69) is 21.2 Å². The van der Waals surface area contributed by atoms with Crippen LogP contribution in [0.1, 0.15) is 30.4 Å². The highest BCUT2D eigenvalue weighted by atomic mass is 35.5. The molecule has 1 saturated heterocycles. The van der Waals surface area contributed by atoms with Crippen LogP contribution in [-0.4, -0.2) is 117 Å². The van der Waals surface area contributed by atoms with Gasteiger partial charge in [-0.2, -0.15) is 0 Å². The summed E-state index contributed by atoms with van der Waals surface area (Å²) < 4.78 is 0. The van der Waals surface area contributed by atoms with Crippen molar-refractivity contribution in [2.45, 2.75) is 68.7 Å². The number of carbonyl (C=O) groups excluding carboxylic acids is 2. The van der Waals surface area contributed by atoms with E-state index in [0.29, 0.717) is 42.2 Å². The van der Waals surface area contributed by atoms with Gasteiger partial charge in [-0.1, -0.05) is 35.9 Å². The van der Waals surface area contributed by atoms with Crippen molar-refractivity contribution in [1.82, 2.24) is 10.2 Å². The summed E-state index contributed by atoms with van der Waals surface area (Å²) in [7, 11) is 0. The predicted molar refractivity (Wildman–Crippen MR) is 170 cm³/mol. The molecule has 2 aliphatic heterocycles. The van der Waals surface area contributed by atoms with E-state index in [1.165, 1.54) is 12.8 Å². The van der Waals surface area contributed by atoms with Crippen molar-refractivity contribution < 1.29 is 35.1 Å². The van der Waals surface area contributed by atoms with E-state index in [-0.39, 0.29) is 30.8 Å². The number of hydrogen-bond donors (Lipinski definition) is 6. The largest absolute Gasteiger partial charge is 0.394 e. The van der Waals surface area contributed by atoms with Crippen LogP contribution in [0.4, 0.5) is 11.4 Å². The Hall–Kier alpha value is -2.42. The van der Waals surface area contributed by atoms with Crippen molar-refractivity contribution in [1.29, 1.82) is 0 Å². The Bertz CT molecular complexity index is 1320. The number of amides is 2. The molecular formula is C31H41ClN4O7S. The Labute approximate surface area is 266 Å². The van der Waals surface area contributed by atoms with Gasteiger partial charge in [-0.25, -0.2) is 0 Å². The molecule has 44 heavy (non-hydrogen) atoms. The zero-order chi connectivity index (χ0) is 31.4. The maximum atomic E-state index is 13.9. The summed E-state index contributed by atoms with van der Waals surface area (Å²) in [6.07, 6.45) is -3.71. The number of para-hydroxylation sites is 2. The summed E-state index contributed by atoms with van der Waals surface area (Å²) in [5.74, 6) is 1.15. The molecule has 1 aliphatic carbocycles. The zero-order valence-corrected chi connectivity index (χ0v) is 26.0. The maximum absolute atomic E-state index is 13.9. The lowest BCUT2D eigenvalue weighted by Gasteiger charge is -2.39. The average molecular weight is 649 g/mol. The standard InChI is InChI=1S/C31H41ClN4O7S/c32-22-9-5-19(6-10-28(40)33-14-26(38)29(41)30(42)27(39)16-37)13-20(22)15-34-18-44-17-25(34)31(43)36-12-11-35(21-7-8-21)23-3-1-2-4-24(23)36/h1-5,9,13,21,25-27,29-30,37-39,41-42H,6-8,10-12,14-18H2,(H,33,40)/t25-,26-,27+,29+,30+/m0/s1. The van der Waals surface area contributed by atoms with E-state index in [1.807, 2.05) is 35.2 Å². The molecule has 1 saturated carbocycles. The van der Waals surface area contributed by atoms with Crippen LogP contribution in [0.2, 0.25) is 5.02 Å². The van der Waals surface area contributed by atoms with Crippen molar-refractivity contribution in [3.8, 4) is 0 Å². The Kier molecular flexibility index (Phi) is 11.1. The molecule has 5 rings (SSSR count). The lowest BCUT2D eigenvalue weighted by atomic mass is 10.0. The summed E-state index contributed by atoms with van der Waals surface area (Å²) in [5, 5.41) is 51.1. The summed E-state index contributed by atoms with van der Waals surface area (Å²) in [5.41, 5.74) is 3.88. The number of fused-ring (bicyclic) bond motifs is 1. The van der Waals surface area contributed by atoms with Crippen LogP contribution < -0.4 is 15.1 Å². The number of halogens is 1. The molecule has 13 heteroatoms. The number of aryl methyl sites for hydroxylation is 1. The van der Waals surface area contributed by atoms with Gasteiger partial charge in [0.05, 0.1) is 30.1 Å². The first kappa shape index (κ1) is 33.0. The normalized spacial score (nSPS) is 21.5. The number of carbonyl (C=O) groups is 2. The van der Waals surface area contributed by atoms with Crippen LogP contribution in [-0.2, 0) is 22.6 Å². The Morgan fingerprint density at radius 1 is 1.00 bits per heavy atom. The van der Waals surface area contributed by atoms with E-state index in [1.54, 1.807) is 17.8 Å². The first-order chi connectivity index (χ1) is 21.2. The number of anilines is 2. The van der Waals surface area contributed by atoms with Crippen molar-refractivity contribution in [3.63, 3.8) is 0 Å². The van der Waals surface area contributed by atoms with Crippen LogP contribution in [0, 0.1) is 0 Å². The van der Waals surface area contributed by atoms with Crippen LogP contribution >= 0.6 is 23.4 Å². The fourth-order valence-electron chi connectivity index (χ4n) is 5.79. The second kappa shape index (κ2) is 14.8. The number of aliphatic hydroxyl groups is 5. The van der Waals surface area contributed by atoms with Crippen LogP contribution in [0.3, 0.4) is 0 Å². The molecule has 0 spiro atoms. The van der Waals surface area contributed by atoms with E-state index < -0.39 is 31.0 Å². The van der Waals surface area contributed by atoms with Gasteiger partial charge in [0.2, 0.25) is 11.8 Å². The Morgan fingerprint density at radius 3 is 2.45 bits per heavy atom. The molecule has 0 bridgehead atoms. The predicted octanol–water partition coefficient (Wildman–Crippen LogP) is 0.715. The average Bonchev–Trinajstić information content (AvgIpc) is 3.79. The number of thioether (sulfide) groups is 1. The first-order valence-corrected chi connectivity index (χ1v) is 16.6. The van der Waals surface area contributed by atoms with Gasteiger partial charge in [0.15, 0.2) is 0 Å². The highest BCUT2D eigenvalue weighted by Gasteiger charge is 2.40. The Balaban J connectivity index is 1.16. The number of nitrogens with one attached hydrogen (secondary N) is 1. The smallest absolute Gasteiger partial charge is 0.245 e. The summed E-state index contributed by atoms with van der Waals surface area (Å²) in [6.45, 7) is 0.894. The highest BCUT2D eigenvalue weighted by Crippen LogP contribution is 2.40. The molecule has 2 aromatic rings. The van der Waals surface area contributed by atoms with Crippen molar-refractivity contribution >= 4 is 46.6 Å². The molecule has 0 aromatic heterocycles. The zero-order valence-electron chi connectivity index (χ0n) is 24.5. The number of nitrogens with zero attached hydrogens (tertiary/aromatic N) is 3. The minimum atomic E-state index is -1.75. The molecule has 2 heterocycles. The van der Waals surface area contributed by atoms with Gasteiger partial charge in [-0.05, 0) is 48.6 Å². The van der Waals surface area contributed by atoms with Crippen molar-refractivity contribution in [2.24, 2.45) is 0 Å². The molecule has 0 unspecified atom stereocenters. The topological polar surface area (TPSA) is 157 Å². The number of rotatable bonds is 13. The van der Waals surface area contributed by atoms with Gasteiger partial charge in [-0.3, -0.25) is 14.5 Å². The van der Waals surface area contributed by atoms with Gasteiger partial charge in [0.25, 0.3) is 0 Å². The molecule has 2 amide bonds. The lowest BCUT2D eigenvalue weighted by Crippen LogP contribution is -2.52. The van der Waals surface area contributed by atoms with Gasteiger partial charge in [0.1, 0.15) is 18.3 Å².